The van der Waals surface area contributed by atoms with Gasteiger partial charge in [-0.05, 0) is 43.9 Å². The molecular weight excluding hydrogens is 441 g/mol. The number of hydrogen-bond acceptors (Lipinski definition) is 5. The van der Waals surface area contributed by atoms with E-state index >= 15 is 0 Å². The molecule has 172 valence electrons. The van der Waals surface area contributed by atoms with Crippen molar-refractivity contribution in [3.8, 4) is 0 Å². The predicted octanol–water partition coefficient (Wildman–Crippen LogP) is 1.96. The van der Waals surface area contributed by atoms with Gasteiger partial charge in [-0.1, -0.05) is 11.6 Å². The third kappa shape index (κ3) is 4.91. The van der Waals surface area contributed by atoms with E-state index < -0.39 is 17.6 Å². The molecule has 1 aliphatic carbocycles. The summed E-state index contributed by atoms with van der Waals surface area (Å²) in [5.41, 5.74) is 5.55. The topological polar surface area (TPSA) is 133 Å². The van der Waals surface area contributed by atoms with Gasteiger partial charge in [0.05, 0.1) is 23.6 Å². The van der Waals surface area contributed by atoms with E-state index in [1.807, 2.05) is 0 Å². The maximum atomic E-state index is 13.4. The van der Waals surface area contributed by atoms with Crippen LogP contribution in [0.1, 0.15) is 46.7 Å². The van der Waals surface area contributed by atoms with Crippen molar-refractivity contribution in [1.82, 2.24) is 14.9 Å². The number of anilines is 1. The van der Waals surface area contributed by atoms with Gasteiger partial charge in [0.25, 0.3) is 11.8 Å². The Balaban J connectivity index is 1.67. The Morgan fingerprint density at radius 2 is 1.97 bits per heavy atom. The van der Waals surface area contributed by atoms with Crippen LogP contribution in [0.5, 0.6) is 0 Å². The summed E-state index contributed by atoms with van der Waals surface area (Å²) in [6.07, 6.45) is 3.42. The number of nitrogens with two attached hydrogens (primary N) is 1. The van der Waals surface area contributed by atoms with E-state index in [4.69, 9.17) is 17.3 Å². The van der Waals surface area contributed by atoms with Crippen molar-refractivity contribution in [3.63, 3.8) is 0 Å². The first-order valence-corrected chi connectivity index (χ1v) is 10.6. The standard InChI is InChI=1S/C21H25ClFN5O4/c1-27(21(32)18-17(19(24)30)25-11-26-18)14-5-2-12(3-6-14)20(31)28(8-9-29)16-7-4-13(23)10-15(16)22/h4,7,10-12,14,29H,2-3,5-6,8-9H2,1H3,(H2,24,30)(H,25,26)/t12-,14-. The van der Waals surface area contributed by atoms with Crippen molar-refractivity contribution in [2.24, 2.45) is 11.7 Å². The summed E-state index contributed by atoms with van der Waals surface area (Å²) >= 11 is 6.13. The molecule has 3 amide bonds. The van der Waals surface area contributed by atoms with Crippen LogP contribution in [0.3, 0.4) is 0 Å². The highest BCUT2D eigenvalue weighted by molar-refractivity contribution is 6.33. The number of H-pyrrole nitrogens is 1. The molecule has 1 aromatic heterocycles. The zero-order chi connectivity index (χ0) is 23.4. The van der Waals surface area contributed by atoms with Crippen LogP contribution in [0, 0.1) is 11.7 Å². The fourth-order valence-corrected chi connectivity index (χ4v) is 4.33. The van der Waals surface area contributed by atoms with E-state index in [0.29, 0.717) is 31.4 Å². The Morgan fingerprint density at radius 1 is 1.28 bits per heavy atom. The number of benzene rings is 1. The Labute approximate surface area is 189 Å². The molecule has 0 bridgehead atoms. The van der Waals surface area contributed by atoms with Crippen LogP contribution in [0.15, 0.2) is 24.5 Å². The maximum absolute atomic E-state index is 13.4. The van der Waals surface area contributed by atoms with Crippen molar-refractivity contribution in [3.05, 3.63) is 46.8 Å². The molecule has 0 spiro atoms. The lowest BCUT2D eigenvalue weighted by Crippen LogP contribution is -2.44. The first kappa shape index (κ1) is 23.7. The van der Waals surface area contributed by atoms with Gasteiger partial charge in [0.2, 0.25) is 5.91 Å². The summed E-state index contributed by atoms with van der Waals surface area (Å²) in [6.45, 7) is -0.227. The molecule has 1 aliphatic rings. The summed E-state index contributed by atoms with van der Waals surface area (Å²) in [5.74, 6) is -2.23. The molecule has 9 nitrogen and oxygen atoms in total. The van der Waals surface area contributed by atoms with Crippen LogP contribution in [0.2, 0.25) is 5.02 Å². The van der Waals surface area contributed by atoms with Crippen molar-refractivity contribution >= 4 is 35.0 Å². The number of nitrogens with one attached hydrogen (secondary N) is 1. The quantitative estimate of drug-likeness (QED) is 0.575. The molecule has 2 aromatic rings. The average Bonchev–Trinajstić information content (AvgIpc) is 3.27. The second-order valence-corrected chi connectivity index (χ2v) is 8.13. The van der Waals surface area contributed by atoms with Crippen molar-refractivity contribution in [2.45, 2.75) is 31.7 Å². The highest BCUT2D eigenvalue weighted by atomic mass is 35.5. The number of aromatic amines is 1. The molecule has 0 unspecified atom stereocenters. The molecular formula is C21H25ClFN5O4. The van der Waals surface area contributed by atoms with Gasteiger partial charge in [0, 0.05) is 25.6 Å². The smallest absolute Gasteiger partial charge is 0.274 e. The fraction of sp³-hybridized carbons (Fsp3) is 0.429. The largest absolute Gasteiger partial charge is 0.395 e. The zero-order valence-electron chi connectivity index (χ0n) is 17.6. The first-order valence-electron chi connectivity index (χ1n) is 10.2. The molecule has 4 N–H and O–H groups in total. The maximum Gasteiger partial charge on any atom is 0.274 e. The van der Waals surface area contributed by atoms with Gasteiger partial charge in [0.15, 0.2) is 5.69 Å². The van der Waals surface area contributed by atoms with E-state index in [0.717, 1.165) is 6.07 Å². The molecule has 0 saturated heterocycles. The number of carbonyl (C=O) groups excluding carboxylic acids is 3. The summed E-state index contributed by atoms with van der Waals surface area (Å²) in [7, 11) is 1.63. The molecule has 1 saturated carbocycles. The van der Waals surface area contributed by atoms with Crippen LogP contribution in [-0.2, 0) is 4.79 Å². The molecule has 1 heterocycles. The number of primary amides is 1. The number of halogens is 2. The number of aromatic nitrogens is 2. The number of carbonyl (C=O) groups is 3. The molecule has 1 aromatic carbocycles. The van der Waals surface area contributed by atoms with Crippen molar-refractivity contribution in [1.29, 1.82) is 0 Å². The minimum absolute atomic E-state index is 0.0294. The molecule has 3 rings (SSSR count). The van der Waals surface area contributed by atoms with Gasteiger partial charge in [-0.3, -0.25) is 14.4 Å². The van der Waals surface area contributed by atoms with Crippen molar-refractivity contribution < 1.29 is 23.9 Å². The van der Waals surface area contributed by atoms with Crippen molar-refractivity contribution in [2.75, 3.05) is 25.1 Å². The van der Waals surface area contributed by atoms with Gasteiger partial charge in [-0.25, -0.2) is 9.37 Å². The Hall–Kier alpha value is -2.98. The van der Waals surface area contributed by atoms with E-state index in [2.05, 4.69) is 9.97 Å². The molecule has 0 aliphatic heterocycles. The van der Waals surface area contributed by atoms with E-state index in [9.17, 15) is 23.9 Å². The van der Waals surface area contributed by atoms with Crippen LogP contribution in [0.25, 0.3) is 0 Å². The predicted molar refractivity (Wildman–Crippen MR) is 116 cm³/mol. The third-order valence-corrected chi connectivity index (χ3v) is 6.10. The normalized spacial score (nSPS) is 18.2. The minimum atomic E-state index is -0.767. The van der Waals surface area contributed by atoms with Gasteiger partial charge in [-0.15, -0.1) is 0 Å². The number of rotatable bonds is 7. The molecule has 1 fully saturated rings. The van der Waals surface area contributed by atoms with E-state index in [1.165, 1.54) is 28.3 Å². The van der Waals surface area contributed by atoms with Gasteiger partial charge in [-0.2, -0.15) is 0 Å². The first-order chi connectivity index (χ1) is 15.2. The number of nitrogens with zero attached hydrogens (tertiary/aromatic N) is 3. The lowest BCUT2D eigenvalue weighted by atomic mass is 9.84. The average molecular weight is 466 g/mol. The molecule has 0 radical (unpaired) electrons. The number of aliphatic hydroxyl groups excluding tert-OH is 1. The van der Waals surface area contributed by atoms with Crippen LogP contribution in [-0.4, -0.2) is 63.9 Å². The van der Waals surface area contributed by atoms with Gasteiger partial charge in [0.1, 0.15) is 11.5 Å². The van der Waals surface area contributed by atoms with Crippen LogP contribution >= 0.6 is 11.6 Å². The summed E-state index contributed by atoms with van der Waals surface area (Å²) in [4.78, 5) is 46.8. The van der Waals surface area contributed by atoms with Gasteiger partial charge >= 0.3 is 0 Å². The Bertz CT molecular complexity index is 1010. The second-order valence-electron chi connectivity index (χ2n) is 7.72. The lowest BCUT2D eigenvalue weighted by molar-refractivity contribution is -0.123. The van der Waals surface area contributed by atoms with Gasteiger partial charge < -0.3 is 25.6 Å². The monoisotopic (exact) mass is 465 g/mol. The Morgan fingerprint density at radius 3 is 2.56 bits per heavy atom. The summed E-state index contributed by atoms with van der Waals surface area (Å²) < 4.78 is 13.4. The Kier molecular flexibility index (Phi) is 7.47. The van der Waals surface area contributed by atoms with Crippen LogP contribution < -0.4 is 10.6 Å². The second kappa shape index (κ2) is 10.1. The SMILES string of the molecule is CN(C(=O)c1nc[nH]c1C(N)=O)[C@H]1CC[C@H](C(=O)N(CCO)c2ccc(F)cc2Cl)CC1. The highest BCUT2D eigenvalue weighted by Gasteiger charge is 2.34. The molecule has 32 heavy (non-hydrogen) atoms. The minimum Gasteiger partial charge on any atom is -0.395 e. The number of amides is 3. The van der Waals surface area contributed by atoms with E-state index in [-0.39, 0.29) is 47.4 Å². The number of aliphatic hydroxyl groups is 1. The fourth-order valence-electron chi connectivity index (χ4n) is 4.06. The van der Waals surface area contributed by atoms with Crippen LogP contribution in [0.4, 0.5) is 10.1 Å². The summed E-state index contributed by atoms with van der Waals surface area (Å²) in [6, 6.07) is 3.63. The number of imidazole rings is 1. The highest BCUT2D eigenvalue weighted by Crippen LogP contribution is 2.33. The third-order valence-electron chi connectivity index (χ3n) is 5.79. The summed E-state index contributed by atoms with van der Waals surface area (Å²) in [5, 5.41) is 9.51. The number of hydrogen-bond donors (Lipinski definition) is 3. The van der Waals surface area contributed by atoms with E-state index in [1.54, 1.807) is 7.05 Å². The molecule has 11 heteroatoms. The lowest BCUT2D eigenvalue weighted by Gasteiger charge is -2.36. The zero-order valence-corrected chi connectivity index (χ0v) is 18.3. The molecule has 0 atom stereocenters.